The molecule has 4 aliphatic heterocycles. The van der Waals surface area contributed by atoms with E-state index >= 15 is 4.39 Å². The maximum Gasteiger partial charge on any atom is 0.343 e. The van der Waals surface area contributed by atoms with E-state index in [0.29, 0.717) is 0 Å². The highest BCUT2D eigenvalue weighted by Gasteiger charge is 3.05. The zero-order valence-corrected chi connectivity index (χ0v) is 17.2. The lowest BCUT2D eigenvalue weighted by Gasteiger charge is -2.47. The molecule has 6 rings (SSSR count). The number of carbonyl (C=O) groups is 3. The van der Waals surface area contributed by atoms with Crippen molar-refractivity contribution >= 4 is 17.9 Å². The van der Waals surface area contributed by atoms with Crippen molar-refractivity contribution in [1.82, 2.24) is 0 Å². The second-order valence-corrected chi connectivity index (χ2v) is 10.7. The van der Waals surface area contributed by atoms with E-state index in [2.05, 4.69) is 0 Å². The van der Waals surface area contributed by atoms with Gasteiger partial charge in [-0.05, 0) is 12.3 Å². The van der Waals surface area contributed by atoms with E-state index in [1.165, 1.54) is 6.92 Å². The molecular weight excluding hydrogens is 418 g/mol. The van der Waals surface area contributed by atoms with Gasteiger partial charge in [0.2, 0.25) is 11.9 Å². The Morgan fingerprint density at radius 2 is 1.65 bits per heavy atom. The van der Waals surface area contributed by atoms with Gasteiger partial charge in [0.05, 0.1) is 16.7 Å². The van der Waals surface area contributed by atoms with Gasteiger partial charge in [0.15, 0.2) is 17.8 Å². The molecule has 6 fully saturated rings. The van der Waals surface area contributed by atoms with E-state index in [1.807, 2.05) is 0 Å². The Labute approximate surface area is 175 Å². The molecule has 2 saturated carbocycles. The van der Waals surface area contributed by atoms with Crippen molar-refractivity contribution in [3.63, 3.8) is 0 Å². The van der Waals surface area contributed by atoms with Gasteiger partial charge in [-0.3, -0.25) is 4.79 Å². The maximum atomic E-state index is 16.2. The smallest absolute Gasteiger partial charge is 0.343 e. The maximum absolute atomic E-state index is 16.2. The number of ether oxygens (including phenoxy) is 4. The molecule has 31 heavy (non-hydrogen) atoms. The highest BCUT2D eigenvalue weighted by molar-refractivity contribution is 5.94. The Morgan fingerprint density at radius 3 is 2.26 bits per heavy atom. The molecule has 12 atom stereocenters. The van der Waals surface area contributed by atoms with Crippen LogP contribution in [0.3, 0.4) is 0 Å². The van der Waals surface area contributed by atoms with Gasteiger partial charge in [0, 0.05) is 5.92 Å². The molecule has 0 aromatic heterocycles. The normalized spacial score (nSPS) is 61.0. The molecular formula is C20H23FO10. The topological polar surface area (TPSA) is 149 Å². The van der Waals surface area contributed by atoms with E-state index < -0.39 is 94.1 Å². The molecule has 0 bridgehead atoms. The summed E-state index contributed by atoms with van der Waals surface area (Å²) >= 11 is 0. The van der Waals surface area contributed by atoms with Gasteiger partial charge in [-0.25, -0.2) is 14.0 Å². The Hall–Kier alpha value is -1.82. The lowest BCUT2D eigenvalue weighted by molar-refractivity contribution is -0.240. The molecule has 0 amide bonds. The molecule has 6 unspecified atom stereocenters. The van der Waals surface area contributed by atoms with Crippen LogP contribution >= 0.6 is 0 Å². The fourth-order valence-corrected chi connectivity index (χ4v) is 8.19. The minimum absolute atomic E-state index is 0.874. The molecule has 0 aromatic rings. The van der Waals surface area contributed by atoms with Crippen LogP contribution < -0.4 is 0 Å². The van der Waals surface area contributed by atoms with Crippen LogP contribution in [0, 0.1) is 28.1 Å². The highest BCUT2D eigenvalue weighted by atomic mass is 18.2. The van der Waals surface area contributed by atoms with Crippen LogP contribution in [0.1, 0.15) is 27.7 Å². The van der Waals surface area contributed by atoms with E-state index in [0.717, 1.165) is 0 Å². The minimum atomic E-state index is -2.48. The van der Waals surface area contributed by atoms with Crippen LogP contribution in [0.15, 0.2) is 0 Å². The summed E-state index contributed by atoms with van der Waals surface area (Å²) in [5.41, 5.74) is -9.91. The quantitative estimate of drug-likeness (QED) is 0.302. The first-order valence-electron chi connectivity index (χ1n) is 10.3. The fourth-order valence-electron chi connectivity index (χ4n) is 8.19. The van der Waals surface area contributed by atoms with Crippen molar-refractivity contribution in [2.24, 2.45) is 28.1 Å². The molecule has 0 aromatic carbocycles. The zero-order valence-electron chi connectivity index (χ0n) is 17.2. The lowest BCUT2D eigenvalue weighted by Crippen LogP contribution is -2.67. The Kier molecular flexibility index (Phi) is 3.14. The first-order chi connectivity index (χ1) is 14.3. The van der Waals surface area contributed by atoms with E-state index in [4.69, 9.17) is 18.9 Å². The number of alkyl halides is 1. The molecule has 6 aliphatic rings. The number of aliphatic hydroxyl groups excluding tert-OH is 2. The monoisotopic (exact) mass is 441 g/mol. The number of rotatable bonds is 0. The summed E-state index contributed by atoms with van der Waals surface area (Å²) in [5, 5.41) is 34.5. The van der Waals surface area contributed by atoms with Crippen LogP contribution in [0.2, 0.25) is 0 Å². The Morgan fingerprint density at radius 1 is 1.00 bits per heavy atom. The Bertz CT molecular complexity index is 962. The van der Waals surface area contributed by atoms with Crippen LogP contribution in [-0.2, 0) is 33.3 Å². The number of fused-ring (bicyclic) bond motifs is 1. The molecule has 4 heterocycles. The van der Waals surface area contributed by atoms with Crippen LogP contribution in [0.4, 0.5) is 4.39 Å². The van der Waals surface area contributed by atoms with Gasteiger partial charge in [-0.15, -0.1) is 0 Å². The van der Waals surface area contributed by atoms with Crippen LogP contribution in [0.5, 0.6) is 0 Å². The summed E-state index contributed by atoms with van der Waals surface area (Å²) in [4.78, 5) is 38.2. The van der Waals surface area contributed by atoms with Gasteiger partial charge in [-0.2, -0.15) is 0 Å². The van der Waals surface area contributed by atoms with Gasteiger partial charge >= 0.3 is 17.9 Å². The third-order valence-corrected chi connectivity index (χ3v) is 8.91. The minimum Gasteiger partial charge on any atom is -0.456 e. The number of aliphatic hydroxyl groups is 3. The van der Waals surface area contributed by atoms with Crippen molar-refractivity contribution < 1.29 is 53.0 Å². The average molecular weight is 441 g/mol. The third-order valence-electron chi connectivity index (χ3n) is 8.91. The predicted molar refractivity (Wildman–Crippen MR) is 92.3 cm³/mol. The molecule has 170 valence electrons. The van der Waals surface area contributed by atoms with Gasteiger partial charge in [0.25, 0.3) is 0 Å². The fraction of sp³-hybridized carbons (Fsp3) is 0.850. The van der Waals surface area contributed by atoms with Gasteiger partial charge in [0.1, 0.15) is 18.4 Å². The van der Waals surface area contributed by atoms with Crippen molar-refractivity contribution in [2.75, 3.05) is 0 Å². The standard InChI is InChI=1S/C20H23FO10/c1-5-12(24)28-11-8(22)18-10-6(21)7(16(2,3)4)17(18)9(23)13(25)30-15(17)31-20(18,14(26)29-10)19(5,11)27/h5-11,15,22-23,27H,1-4H3/t5-,6-,7+,8+,9+,10?,11?,15?,17?,18-,19?,20?/m1/s1/i21-1. The lowest BCUT2D eigenvalue weighted by atomic mass is 9.51. The second-order valence-electron chi connectivity index (χ2n) is 10.7. The van der Waals surface area contributed by atoms with Crippen LogP contribution in [-0.4, -0.2) is 81.3 Å². The van der Waals surface area contributed by atoms with E-state index in [9.17, 15) is 29.7 Å². The van der Waals surface area contributed by atoms with Gasteiger partial charge in [-0.1, -0.05) is 20.8 Å². The highest BCUT2D eigenvalue weighted by Crippen LogP contribution is 2.84. The second kappa shape index (κ2) is 4.90. The number of esters is 3. The van der Waals surface area contributed by atoms with E-state index in [1.54, 1.807) is 20.8 Å². The van der Waals surface area contributed by atoms with Crippen molar-refractivity contribution in [2.45, 2.75) is 75.8 Å². The first kappa shape index (κ1) is 19.8. The van der Waals surface area contributed by atoms with E-state index in [-0.39, 0.29) is 0 Å². The zero-order chi connectivity index (χ0) is 22.7. The molecule has 11 heteroatoms. The molecule has 0 radical (unpaired) electrons. The summed E-state index contributed by atoms with van der Waals surface area (Å²) in [7, 11) is 0. The summed E-state index contributed by atoms with van der Waals surface area (Å²) in [6, 6.07) is 0. The molecule has 3 N–H and O–H groups in total. The summed E-state index contributed by atoms with van der Waals surface area (Å²) in [6.45, 7) is 6.36. The summed E-state index contributed by atoms with van der Waals surface area (Å²) in [5.74, 6) is -5.65. The number of hydrogen-bond acceptors (Lipinski definition) is 10. The van der Waals surface area contributed by atoms with Crippen molar-refractivity contribution in [3.8, 4) is 0 Å². The SMILES string of the molecule is C[C@@H]1C(=O)OC2[C@H](O)[C@]34C5OC(=O)C3(OC3OC(=O)[C@H](O)C34[C@H](C(C)(C)C)[C@H]5[18F])C21O. The number of halogens is 1. The molecule has 4 saturated heterocycles. The summed E-state index contributed by atoms with van der Waals surface area (Å²) in [6.07, 6.45) is -10.7. The Balaban J connectivity index is 1.75. The van der Waals surface area contributed by atoms with Crippen LogP contribution in [0.25, 0.3) is 0 Å². The third kappa shape index (κ3) is 1.43. The largest absolute Gasteiger partial charge is 0.456 e. The van der Waals surface area contributed by atoms with Crippen molar-refractivity contribution in [1.29, 1.82) is 0 Å². The first-order valence-corrected chi connectivity index (χ1v) is 10.3. The molecule has 2 aliphatic carbocycles. The summed E-state index contributed by atoms with van der Waals surface area (Å²) < 4.78 is 38.1. The molecule has 2 spiro atoms. The predicted octanol–water partition coefficient (Wildman–Crippen LogP) is -1.42. The average Bonchev–Trinajstić information content (AvgIpc) is 3.35. The van der Waals surface area contributed by atoms with Crippen molar-refractivity contribution in [3.05, 3.63) is 0 Å². The number of hydrogen-bond donors (Lipinski definition) is 3. The van der Waals surface area contributed by atoms with Gasteiger partial charge < -0.3 is 34.3 Å². The number of carbonyl (C=O) groups excluding carboxylic acids is 3. The molecule has 10 nitrogen and oxygen atoms in total.